The maximum absolute atomic E-state index is 5.62. The summed E-state index contributed by atoms with van der Waals surface area (Å²) in [6.07, 6.45) is 5.35. The number of aromatic nitrogens is 2. The van der Waals surface area contributed by atoms with Gasteiger partial charge in [-0.1, -0.05) is 0 Å². The maximum Gasteiger partial charge on any atom is 0.164 e. The van der Waals surface area contributed by atoms with Crippen molar-refractivity contribution < 1.29 is 14.2 Å². The van der Waals surface area contributed by atoms with Gasteiger partial charge in [0, 0.05) is 48.4 Å². The van der Waals surface area contributed by atoms with Crippen molar-refractivity contribution >= 4 is 0 Å². The van der Waals surface area contributed by atoms with E-state index in [9.17, 15) is 0 Å². The average molecular weight is 355 g/mol. The topological polar surface area (TPSA) is 56.7 Å². The lowest BCUT2D eigenvalue weighted by molar-refractivity contribution is 0.164. The molecule has 4 rings (SSSR count). The molecule has 2 atom stereocenters. The molecule has 2 bridgehead atoms. The van der Waals surface area contributed by atoms with Gasteiger partial charge in [0.05, 0.1) is 27.0 Å². The van der Waals surface area contributed by atoms with E-state index in [-0.39, 0.29) is 0 Å². The number of hydrogen-bond donors (Lipinski definition) is 0. The third kappa shape index (κ3) is 2.78. The molecule has 0 aliphatic carbocycles. The van der Waals surface area contributed by atoms with E-state index in [0.717, 1.165) is 42.3 Å². The van der Waals surface area contributed by atoms with Crippen molar-refractivity contribution in [2.75, 3.05) is 21.3 Å². The molecule has 1 fully saturated rings. The number of fused-ring (bicyclic) bond motifs is 4. The Balaban J connectivity index is 1.67. The lowest BCUT2D eigenvalue weighted by Crippen LogP contribution is -2.37. The second-order valence-electron chi connectivity index (χ2n) is 6.96. The fraction of sp³-hybridized carbons (Fsp3) is 0.500. The van der Waals surface area contributed by atoms with Crippen LogP contribution < -0.4 is 14.2 Å². The molecule has 0 N–H and O–H groups in total. The van der Waals surface area contributed by atoms with Crippen LogP contribution in [0.25, 0.3) is 0 Å². The molecule has 2 aliphatic rings. The Morgan fingerprint density at radius 3 is 2.50 bits per heavy atom. The molecule has 26 heavy (non-hydrogen) atoms. The van der Waals surface area contributed by atoms with Gasteiger partial charge >= 0.3 is 0 Å². The standard InChI is InChI=1S/C20H25N3O3/c1-12-21-10-15-16(22-12)8-14-5-6-17(15)23(14)11-13-7-19(25-3)20(26-4)9-18(13)24-2/h7,9-10,14,17H,5-6,8,11H2,1-4H3/t14-,17-/m1/s1. The molecule has 6 nitrogen and oxygen atoms in total. The number of nitrogens with zero attached hydrogens (tertiary/aromatic N) is 3. The van der Waals surface area contributed by atoms with Gasteiger partial charge in [-0.15, -0.1) is 0 Å². The number of hydrogen-bond acceptors (Lipinski definition) is 6. The van der Waals surface area contributed by atoms with Crippen molar-refractivity contribution in [3.63, 3.8) is 0 Å². The highest BCUT2D eigenvalue weighted by Crippen LogP contribution is 2.45. The second-order valence-corrected chi connectivity index (χ2v) is 6.96. The molecule has 1 aromatic heterocycles. The van der Waals surface area contributed by atoms with E-state index in [1.54, 1.807) is 21.3 Å². The van der Waals surface area contributed by atoms with Crippen LogP contribution in [0.3, 0.4) is 0 Å². The Kier molecular flexibility index (Phi) is 4.44. The first-order valence-corrected chi connectivity index (χ1v) is 9.01. The van der Waals surface area contributed by atoms with Crippen molar-refractivity contribution in [2.24, 2.45) is 0 Å². The minimum Gasteiger partial charge on any atom is -0.496 e. The number of rotatable bonds is 5. The van der Waals surface area contributed by atoms with Gasteiger partial charge in [0.25, 0.3) is 0 Å². The molecule has 0 saturated carbocycles. The molecule has 2 aromatic rings. The summed E-state index contributed by atoms with van der Waals surface area (Å²) in [7, 11) is 5.00. The molecule has 0 spiro atoms. The van der Waals surface area contributed by atoms with Crippen LogP contribution in [0.5, 0.6) is 17.2 Å². The zero-order chi connectivity index (χ0) is 18.3. The predicted molar refractivity (Wildman–Crippen MR) is 97.9 cm³/mol. The molecule has 0 unspecified atom stereocenters. The van der Waals surface area contributed by atoms with Crippen LogP contribution in [0.1, 0.15) is 41.5 Å². The lowest BCUT2D eigenvalue weighted by Gasteiger charge is -2.36. The highest BCUT2D eigenvalue weighted by Gasteiger charge is 2.41. The molecular formula is C20H25N3O3. The summed E-state index contributed by atoms with van der Waals surface area (Å²) in [4.78, 5) is 11.7. The lowest BCUT2D eigenvalue weighted by atomic mass is 9.98. The van der Waals surface area contributed by atoms with Gasteiger partial charge in [0.1, 0.15) is 11.6 Å². The van der Waals surface area contributed by atoms with Gasteiger partial charge in [0.2, 0.25) is 0 Å². The van der Waals surface area contributed by atoms with Gasteiger partial charge in [-0.3, -0.25) is 4.90 Å². The monoisotopic (exact) mass is 355 g/mol. The van der Waals surface area contributed by atoms with Crippen LogP contribution in [0, 0.1) is 6.92 Å². The van der Waals surface area contributed by atoms with Crippen LogP contribution in [-0.2, 0) is 13.0 Å². The van der Waals surface area contributed by atoms with Gasteiger partial charge < -0.3 is 14.2 Å². The van der Waals surface area contributed by atoms with E-state index in [1.165, 1.54) is 17.7 Å². The molecule has 6 heteroatoms. The fourth-order valence-corrected chi connectivity index (χ4v) is 4.33. The summed E-state index contributed by atoms with van der Waals surface area (Å²) in [5, 5.41) is 0. The van der Waals surface area contributed by atoms with Crippen molar-refractivity contribution in [3.8, 4) is 17.2 Å². The minimum absolute atomic E-state index is 0.377. The predicted octanol–water partition coefficient (Wildman–Crippen LogP) is 3.07. The smallest absolute Gasteiger partial charge is 0.164 e. The molecular weight excluding hydrogens is 330 g/mol. The van der Waals surface area contributed by atoms with Crippen LogP contribution >= 0.6 is 0 Å². The molecule has 3 heterocycles. The van der Waals surface area contributed by atoms with E-state index >= 15 is 0 Å². The maximum atomic E-state index is 5.62. The first-order valence-electron chi connectivity index (χ1n) is 9.01. The van der Waals surface area contributed by atoms with Crippen molar-refractivity contribution in [3.05, 3.63) is 41.0 Å². The van der Waals surface area contributed by atoms with E-state index < -0.39 is 0 Å². The molecule has 2 aliphatic heterocycles. The van der Waals surface area contributed by atoms with Gasteiger partial charge in [0.15, 0.2) is 11.5 Å². The summed E-state index contributed by atoms with van der Waals surface area (Å²) in [5.74, 6) is 3.10. The first kappa shape index (κ1) is 17.1. The van der Waals surface area contributed by atoms with Gasteiger partial charge in [-0.2, -0.15) is 0 Å². The first-order chi connectivity index (χ1) is 12.6. The minimum atomic E-state index is 0.377. The normalized spacial score (nSPS) is 21.4. The van der Waals surface area contributed by atoms with Crippen LogP contribution in [0.2, 0.25) is 0 Å². The molecule has 138 valence electrons. The zero-order valence-corrected chi connectivity index (χ0v) is 15.8. The SMILES string of the molecule is COc1cc(OC)c(OC)cc1CN1[C@@H]2CC[C@@H]1c1cnc(C)nc1C2. The summed E-state index contributed by atoms with van der Waals surface area (Å²) >= 11 is 0. The van der Waals surface area contributed by atoms with E-state index in [0.29, 0.717) is 17.8 Å². The largest absolute Gasteiger partial charge is 0.496 e. The summed E-state index contributed by atoms with van der Waals surface area (Å²) in [5.41, 5.74) is 3.61. The number of aryl methyl sites for hydroxylation is 1. The van der Waals surface area contributed by atoms with E-state index in [1.807, 2.05) is 25.3 Å². The Bertz CT molecular complexity index is 824. The Hall–Kier alpha value is -2.34. The Labute approximate surface area is 154 Å². The zero-order valence-electron chi connectivity index (χ0n) is 15.8. The second kappa shape index (κ2) is 6.76. The molecule has 0 radical (unpaired) electrons. The highest BCUT2D eigenvalue weighted by molar-refractivity contribution is 5.51. The number of benzene rings is 1. The van der Waals surface area contributed by atoms with Crippen LogP contribution in [0.15, 0.2) is 18.3 Å². The average Bonchev–Trinajstić information content (AvgIpc) is 2.93. The van der Waals surface area contributed by atoms with Crippen molar-refractivity contribution in [1.29, 1.82) is 0 Å². The molecule has 1 aromatic carbocycles. The van der Waals surface area contributed by atoms with E-state index in [4.69, 9.17) is 14.2 Å². The fourth-order valence-electron chi connectivity index (χ4n) is 4.33. The number of ether oxygens (including phenoxy) is 3. The summed E-state index contributed by atoms with van der Waals surface area (Å²) in [6.45, 7) is 2.77. The third-order valence-corrected chi connectivity index (χ3v) is 5.59. The van der Waals surface area contributed by atoms with Crippen LogP contribution in [-0.4, -0.2) is 42.2 Å². The summed E-state index contributed by atoms with van der Waals surface area (Å²) in [6, 6.07) is 4.82. The Morgan fingerprint density at radius 2 is 1.77 bits per heavy atom. The van der Waals surface area contributed by atoms with Crippen molar-refractivity contribution in [2.45, 2.75) is 44.8 Å². The van der Waals surface area contributed by atoms with Crippen LogP contribution in [0.4, 0.5) is 0 Å². The highest BCUT2D eigenvalue weighted by atomic mass is 16.5. The van der Waals surface area contributed by atoms with Crippen molar-refractivity contribution in [1.82, 2.24) is 14.9 Å². The molecule has 1 saturated heterocycles. The summed E-state index contributed by atoms with van der Waals surface area (Å²) < 4.78 is 16.5. The number of methoxy groups -OCH3 is 3. The van der Waals surface area contributed by atoms with Gasteiger partial charge in [-0.25, -0.2) is 9.97 Å². The van der Waals surface area contributed by atoms with Gasteiger partial charge in [-0.05, 0) is 25.8 Å². The molecule has 0 amide bonds. The quantitative estimate of drug-likeness (QED) is 0.822. The van der Waals surface area contributed by atoms with E-state index in [2.05, 4.69) is 14.9 Å². The third-order valence-electron chi connectivity index (χ3n) is 5.59. The Morgan fingerprint density at radius 1 is 1.04 bits per heavy atom.